The van der Waals surface area contributed by atoms with E-state index in [1.54, 1.807) is 0 Å². The van der Waals surface area contributed by atoms with E-state index in [0.29, 0.717) is 0 Å². The molecule has 5 heterocycles. The average molecular weight is 1130 g/mol. The minimum atomic E-state index is -0.160. The van der Waals surface area contributed by atoms with Crippen LogP contribution >= 0.6 is 11.8 Å². The topological polar surface area (TPSA) is 35.3 Å². The van der Waals surface area contributed by atoms with Crippen LogP contribution in [0.4, 0.5) is 62.6 Å². The summed E-state index contributed by atoms with van der Waals surface area (Å²) in [7, 11) is 0. The highest BCUT2D eigenvalue weighted by Crippen LogP contribution is 2.56. The normalized spacial score (nSPS) is 15.7. The Hall–Kier alpha value is -10.6. The van der Waals surface area contributed by atoms with E-state index in [1.165, 1.54) is 32.7 Å². The van der Waals surface area contributed by atoms with Gasteiger partial charge in [0.1, 0.15) is 22.7 Å². The van der Waals surface area contributed by atoms with Crippen molar-refractivity contribution in [1.82, 2.24) is 0 Å². The first-order valence-electron chi connectivity index (χ1n) is 30.0. The lowest BCUT2D eigenvalue weighted by Gasteiger charge is -2.49. The third-order valence-electron chi connectivity index (χ3n) is 18.2. The third kappa shape index (κ3) is 7.93. The highest BCUT2D eigenvalue weighted by Gasteiger charge is 2.52. The zero-order chi connectivity index (χ0) is 57.1. The number of fused-ring (bicyclic) bond motifs is 11. The molecule has 0 amide bonds. The van der Waals surface area contributed by atoms with Crippen LogP contribution in [-0.2, 0) is 0 Å². The van der Waals surface area contributed by atoms with Crippen LogP contribution in [0.3, 0.4) is 0 Å². The molecule has 6 nitrogen and oxygen atoms in total. The Bertz CT molecular complexity index is 4850. The number of allylic oxidation sites excluding steroid dienone is 2. The van der Waals surface area contributed by atoms with Crippen molar-refractivity contribution in [2.75, 3.05) is 19.6 Å². The number of hydrogen-bond donors (Lipinski definition) is 0. The van der Waals surface area contributed by atoms with Gasteiger partial charge in [-0.05, 0) is 148 Å². The van der Waals surface area contributed by atoms with E-state index in [4.69, 9.17) is 9.15 Å². The maximum Gasteiger partial charge on any atom is 0.255 e. The Balaban J connectivity index is 0.929. The number of benzene rings is 12. The molecule has 0 fully saturated rings. The van der Waals surface area contributed by atoms with Crippen molar-refractivity contribution < 1.29 is 9.15 Å². The summed E-state index contributed by atoms with van der Waals surface area (Å²) >= 11 is 2.00. The van der Waals surface area contributed by atoms with Crippen LogP contribution in [0, 0.1) is 0 Å². The van der Waals surface area contributed by atoms with E-state index in [-0.39, 0.29) is 24.5 Å². The van der Waals surface area contributed by atoms with Crippen molar-refractivity contribution in [1.29, 1.82) is 0 Å². The van der Waals surface area contributed by atoms with Gasteiger partial charge in [0.25, 0.3) is 6.71 Å². The summed E-state index contributed by atoms with van der Waals surface area (Å²) in [5.41, 5.74) is 23.3. The quantitative estimate of drug-likeness (QED) is 0.133. The number of ether oxygens (including phenoxy) is 1. The van der Waals surface area contributed by atoms with Crippen LogP contribution in [0.1, 0.15) is 0 Å². The highest BCUT2D eigenvalue weighted by atomic mass is 32.2. The average Bonchev–Trinajstić information content (AvgIpc) is 3.37. The molecule has 0 N–H and O–H groups in total. The highest BCUT2D eigenvalue weighted by molar-refractivity contribution is 8.00. The summed E-state index contributed by atoms with van der Waals surface area (Å²) in [5.74, 6) is 1.76. The fourth-order valence-electron chi connectivity index (χ4n) is 14.6. The third-order valence-corrected chi connectivity index (χ3v) is 19.5. The lowest BCUT2D eigenvalue weighted by Crippen LogP contribution is -2.59. The molecule has 0 radical (unpaired) electrons. The fourth-order valence-corrected chi connectivity index (χ4v) is 16.1. The Kier molecular flexibility index (Phi) is 11.5. The molecule has 2 atom stereocenters. The lowest BCUT2D eigenvalue weighted by atomic mass is 9.28. The standard InChI is InChI=1S/C78H52B2N4O2S/c1-7-25-51(26-8-1)60-47-61-59-37-19-23-41-71(59)85-73(61)49-67(60)84-68-50-75-65(48-64(68)80-63-39-21-24-42-72(63)86-74-45-57(43-69(84)77(74)80)81(52-27-9-2-10-28-52)53-29-11-3-12-30-53)79-62-38-20-22-40-66(62)83(56-35-17-6-18-36-56)70-44-58(46-76(87-75)78(70)79)82(54-31-13-4-14-32-54)55-33-15-5-16-34-55/h1-50,65,75H. The van der Waals surface area contributed by atoms with Gasteiger partial charge in [-0.3, -0.25) is 0 Å². The zero-order valence-electron chi connectivity index (χ0n) is 47.2. The predicted octanol–water partition coefficient (Wildman–Crippen LogP) is 18.4. The Morgan fingerprint density at radius 2 is 0.943 bits per heavy atom. The van der Waals surface area contributed by atoms with Crippen LogP contribution in [-0.4, -0.2) is 18.7 Å². The van der Waals surface area contributed by atoms with Crippen molar-refractivity contribution in [3.05, 3.63) is 315 Å². The summed E-state index contributed by atoms with van der Waals surface area (Å²) in [6.07, 6.45) is 5.35. The second-order valence-electron chi connectivity index (χ2n) is 23.0. The van der Waals surface area contributed by atoms with Gasteiger partial charge in [0.15, 0.2) is 0 Å². The maximum atomic E-state index is 7.36. The summed E-state index contributed by atoms with van der Waals surface area (Å²) in [6, 6.07) is 106. The second kappa shape index (κ2) is 20.0. The van der Waals surface area contributed by atoms with Gasteiger partial charge in [-0.15, -0.1) is 11.8 Å². The van der Waals surface area contributed by atoms with Gasteiger partial charge in [-0.2, -0.15) is 0 Å². The Labute approximate surface area is 510 Å². The van der Waals surface area contributed by atoms with Crippen molar-refractivity contribution in [2.45, 2.75) is 16.0 Å². The number of nitrogens with zero attached hydrogens (tertiary/aromatic N) is 4. The molecule has 18 rings (SSSR count). The monoisotopic (exact) mass is 1130 g/mol. The minimum absolute atomic E-state index is 0.00427. The number of anilines is 11. The number of para-hydroxylation sites is 8. The van der Waals surface area contributed by atoms with Crippen LogP contribution in [0.25, 0.3) is 33.1 Å². The van der Waals surface area contributed by atoms with E-state index < -0.39 is 0 Å². The van der Waals surface area contributed by atoms with Crippen LogP contribution in [0.5, 0.6) is 11.5 Å². The number of furan rings is 1. The molecule has 5 aliphatic rings. The summed E-state index contributed by atoms with van der Waals surface area (Å²) in [5, 5.41) is 2.17. The fraction of sp³-hybridized carbons (Fsp3) is 0.0256. The van der Waals surface area contributed by atoms with E-state index in [2.05, 4.69) is 323 Å². The molecule has 0 spiro atoms. The van der Waals surface area contributed by atoms with Gasteiger partial charge >= 0.3 is 0 Å². The van der Waals surface area contributed by atoms with E-state index in [1.807, 2.05) is 11.8 Å². The molecule has 0 saturated carbocycles. The molecule has 9 heteroatoms. The first-order chi connectivity index (χ1) is 43.2. The predicted molar refractivity (Wildman–Crippen MR) is 364 cm³/mol. The van der Waals surface area contributed by atoms with Gasteiger partial charge in [-0.1, -0.05) is 182 Å². The largest absolute Gasteiger partial charge is 0.458 e. The van der Waals surface area contributed by atoms with Crippen molar-refractivity contribution in [2.24, 2.45) is 0 Å². The van der Waals surface area contributed by atoms with Gasteiger partial charge in [0.2, 0.25) is 6.71 Å². The lowest BCUT2D eigenvalue weighted by molar-refractivity contribution is 0.487. The smallest absolute Gasteiger partial charge is 0.255 e. The molecule has 4 aliphatic heterocycles. The van der Waals surface area contributed by atoms with Gasteiger partial charge in [0, 0.05) is 95.5 Å². The Morgan fingerprint density at radius 3 is 1.61 bits per heavy atom. The van der Waals surface area contributed by atoms with Gasteiger partial charge < -0.3 is 28.8 Å². The minimum Gasteiger partial charge on any atom is -0.458 e. The molecule has 12 aromatic carbocycles. The summed E-state index contributed by atoms with van der Waals surface area (Å²) < 4.78 is 14.3. The van der Waals surface area contributed by atoms with Gasteiger partial charge in [-0.25, -0.2) is 0 Å². The van der Waals surface area contributed by atoms with Crippen LogP contribution in [0.2, 0.25) is 5.82 Å². The summed E-state index contributed by atoms with van der Waals surface area (Å²) in [4.78, 5) is 11.2. The number of thioether (sulfide) groups is 1. The van der Waals surface area contributed by atoms with Crippen molar-refractivity contribution in [3.63, 3.8) is 0 Å². The molecule has 1 aromatic heterocycles. The molecular formula is C78H52B2N4O2S. The van der Waals surface area contributed by atoms with Gasteiger partial charge in [0.05, 0.1) is 11.4 Å². The van der Waals surface area contributed by atoms with Crippen molar-refractivity contribution in [3.8, 4) is 22.6 Å². The molecule has 0 saturated heterocycles. The molecule has 2 unspecified atom stereocenters. The van der Waals surface area contributed by atoms with Crippen molar-refractivity contribution >= 4 is 132 Å². The Morgan fingerprint density at radius 1 is 0.391 bits per heavy atom. The zero-order valence-corrected chi connectivity index (χ0v) is 48.0. The van der Waals surface area contributed by atoms with Crippen LogP contribution < -0.4 is 46.2 Å². The second-order valence-corrected chi connectivity index (χ2v) is 24.3. The number of hydrogen-bond acceptors (Lipinski definition) is 7. The first kappa shape index (κ1) is 49.8. The molecule has 13 aromatic rings. The number of rotatable bonds is 9. The molecule has 0 bridgehead atoms. The van der Waals surface area contributed by atoms with Crippen LogP contribution in [0.15, 0.2) is 324 Å². The maximum absolute atomic E-state index is 7.36. The SMILES string of the molecule is C1=C2B3c4ccccc4Oc4cc(N(c5ccccc5)c5ccccc5)cc(c43)N(c3cc4oc5ccccc5c4cc3-c3ccccc3)C2=CC2Sc3cc(N(c4ccccc4)c4ccccc4)cc4c3B(c3ccccc3N4c3ccccc3)C12. The van der Waals surface area contributed by atoms with E-state index in [0.717, 1.165) is 112 Å². The molecule has 1 aliphatic carbocycles. The van der Waals surface area contributed by atoms with E-state index >= 15 is 0 Å². The van der Waals surface area contributed by atoms with E-state index in [9.17, 15) is 0 Å². The molecule has 87 heavy (non-hydrogen) atoms. The first-order valence-corrected chi connectivity index (χ1v) is 30.8. The summed E-state index contributed by atoms with van der Waals surface area (Å²) in [6.45, 7) is -0.143. The molecule has 408 valence electrons. The molecular weight excluding hydrogens is 1080 g/mol.